The molecule has 0 radical (unpaired) electrons. The molecular formula is C12H18O3. The second-order valence-corrected chi connectivity index (χ2v) is 3.39. The van der Waals surface area contributed by atoms with Gasteiger partial charge in [-0.15, -0.1) is 0 Å². The molecule has 84 valence electrons. The van der Waals surface area contributed by atoms with Gasteiger partial charge in [0.2, 0.25) is 0 Å². The average molecular weight is 210 g/mol. The third-order valence-electron chi connectivity index (χ3n) is 1.04. The van der Waals surface area contributed by atoms with Gasteiger partial charge in [-0.25, -0.2) is 4.79 Å². The molecule has 0 saturated carbocycles. The van der Waals surface area contributed by atoms with Crippen LogP contribution in [-0.4, -0.2) is 16.9 Å². The molecule has 0 aromatic heterocycles. The molecule has 0 spiro atoms. The highest BCUT2D eigenvalue weighted by Crippen LogP contribution is 1.94. The number of carbonyl (C=O) groups is 2. The lowest BCUT2D eigenvalue weighted by Crippen LogP contribution is -1.87. The molecule has 0 rings (SSSR count). The van der Waals surface area contributed by atoms with E-state index in [1.165, 1.54) is 0 Å². The number of hydrogen-bond donors (Lipinski definition) is 1. The summed E-state index contributed by atoms with van der Waals surface area (Å²) in [5, 5.41) is 7.60. The predicted molar refractivity (Wildman–Crippen MR) is 61.7 cm³/mol. The molecule has 0 unspecified atom stereocenters. The zero-order valence-corrected chi connectivity index (χ0v) is 9.70. The number of carboxylic acids is 1. The quantitative estimate of drug-likeness (QED) is 0.729. The highest BCUT2D eigenvalue weighted by Gasteiger charge is 1.89. The van der Waals surface area contributed by atoms with Crippen LogP contribution in [0.4, 0.5) is 0 Å². The number of ketones is 1. The van der Waals surface area contributed by atoms with Crippen molar-refractivity contribution in [3.8, 4) is 0 Å². The van der Waals surface area contributed by atoms with Crippen LogP contribution in [0.2, 0.25) is 0 Å². The number of hydrogen-bond acceptors (Lipinski definition) is 2. The number of allylic oxidation sites excluding steroid dienone is 4. The van der Waals surface area contributed by atoms with Crippen molar-refractivity contribution in [1.82, 2.24) is 0 Å². The first-order valence-corrected chi connectivity index (χ1v) is 4.48. The van der Waals surface area contributed by atoms with E-state index in [1.807, 2.05) is 27.7 Å². The Labute approximate surface area is 90.8 Å². The summed E-state index contributed by atoms with van der Waals surface area (Å²) in [6.07, 6.45) is 4.10. The van der Waals surface area contributed by atoms with Crippen molar-refractivity contribution in [2.45, 2.75) is 27.7 Å². The monoisotopic (exact) mass is 210 g/mol. The molecule has 1 N–H and O–H groups in total. The summed E-state index contributed by atoms with van der Waals surface area (Å²) in [6, 6.07) is 0. The number of rotatable bonds is 3. The molecule has 0 aliphatic rings. The highest BCUT2D eigenvalue weighted by molar-refractivity contribution is 5.99. The topological polar surface area (TPSA) is 54.4 Å². The van der Waals surface area contributed by atoms with Crippen LogP contribution in [0.15, 0.2) is 36.0 Å². The van der Waals surface area contributed by atoms with E-state index in [0.717, 1.165) is 17.2 Å². The second kappa shape index (κ2) is 8.94. The Kier molecular flexibility index (Phi) is 9.42. The van der Waals surface area contributed by atoms with Crippen LogP contribution >= 0.6 is 0 Å². The van der Waals surface area contributed by atoms with Crippen LogP contribution in [0.25, 0.3) is 0 Å². The van der Waals surface area contributed by atoms with Gasteiger partial charge in [-0.3, -0.25) is 4.79 Å². The van der Waals surface area contributed by atoms with Crippen molar-refractivity contribution in [2.24, 2.45) is 0 Å². The van der Waals surface area contributed by atoms with E-state index in [9.17, 15) is 9.59 Å². The van der Waals surface area contributed by atoms with Crippen LogP contribution in [0.3, 0.4) is 0 Å². The van der Waals surface area contributed by atoms with Gasteiger partial charge in [-0.2, -0.15) is 0 Å². The highest BCUT2D eigenvalue weighted by atomic mass is 16.4. The van der Waals surface area contributed by atoms with Gasteiger partial charge >= 0.3 is 5.97 Å². The van der Waals surface area contributed by atoms with Crippen LogP contribution < -0.4 is 0 Å². The van der Waals surface area contributed by atoms with E-state index in [-0.39, 0.29) is 5.78 Å². The van der Waals surface area contributed by atoms with Crippen molar-refractivity contribution in [3.63, 3.8) is 0 Å². The van der Waals surface area contributed by atoms with Gasteiger partial charge in [0, 0.05) is 6.08 Å². The van der Waals surface area contributed by atoms with Crippen LogP contribution in [0.5, 0.6) is 0 Å². The molecule has 3 nitrogen and oxygen atoms in total. The van der Waals surface area contributed by atoms with E-state index in [2.05, 4.69) is 6.58 Å². The summed E-state index contributed by atoms with van der Waals surface area (Å²) < 4.78 is 0. The molecule has 0 atom stereocenters. The van der Waals surface area contributed by atoms with E-state index < -0.39 is 5.97 Å². The van der Waals surface area contributed by atoms with Gasteiger partial charge in [0.05, 0.1) is 0 Å². The van der Waals surface area contributed by atoms with Gasteiger partial charge in [0.15, 0.2) is 5.78 Å². The molecule has 0 aromatic carbocycles. The third kappa shape index (κ3) is 19.0. The van der Waals surface area contributed by atoms with E-state index in [1.54, 1.807) is 12.2 Å². The minimum Gasteiger partial charge on any atom is -0.478 e. The second-order valence-electron chi connectivity index (χ2n) is 3.39. The first-order chi connectivity index (χ1) is 6.79. The molecule has 0 aromatic rings. The molecule has 15 heavy (non-hydrogen) atoms. The van der Waals surface area contributed by atoms with Crippen LogP contribution in [0, 0.1) is 0 Å². The van der Waals surface area contributed by atoms with Crippen molar-refractivity contribution < 1.29 is 14.7 Å². The smallest absolute Gasteiger partial charge is 0.327 e. The maximum atomic E-state index is 10.9. The summed E-state index contributed by atoms with van der Waals surface area (Å²) in [5.41, 5.74) is 2.09. The molecule has 0 aliphatic carbocycles. The summed E-state index contributed by atoms with van der Waals surface area (Å²) in [5.74, 6) is -0.898. The molecule has 0 bridgehead atoms. The summed E-state index contributed by atoms with van der Waals surface area (Å²) in [6.45, 7) is 10.6. The average Bonchev–Trinajstić information content (AvgIpc) is 2.01. The lowest BCUT2D eigenvalue weighted by molar-refractivity contribution is -0.131. The maximum absolute atomic E-state index is 10.9. The largest absolute Gasteiger partial charge is 0.478 e. The van der Waals surface area contributed by atoms with Crippen LogP contribution in [-0.2, 0) is 9.59 Å². The zero-order valence-electron chi connectivity index (χ0n) is 9.70. The third-order valence-corrected chi connectivity index (χ3v) is 1.04. The summed E-state index contributed by atoms with van der Waals surface area (Å²) in [7, 11) is 0. The maximum Gasteiger partial charge on any atom is 0.327 e. The molecule has 3 heteroatoms. The lowest BCUT2D eigenvalue weighted by Gasteiger charge is -1.87. The minimum absolute atomic E-state index is 0.0833. The Hall–Kier alpha value is -1.64. The van der Waals surface area contributed by atoms with Gasteiger partial charge in [0.25, 0.3) is 0 Å². The standard InChI is InChI=1S/C9H14O.C3H4O2/c1-7(2)5-9(10)6-8(3)4;1-2-3(4)5/h5-6H,1-4H3;2H,1H2,(H,4,5). The molecular weight excluding hydrogens is 192 g/mol. The van der Waals surface area contributed by atoms with E-state index in [0.29, 0.717) is 0 Å². The van der Waals surface area contributed by atoms with Gasteiger partial charge < -0.3 is 5.11 Å². The molecule has 0 heterocycles. The molecule has 0 amide bonds. The van der Waals surface area contributed by atoms with Crippen molar-refractivity contribution in [2.75, 3.05) is 0 Å². The first-order valence-electron chi connectivity index (χ1n) is 4.48. The Morgan fingerprint density at radius 2 is 1.27 bits per heavy atom. The fraction of sp³-hybridized carbons (Fsp3) is 0.333. The summed E-state index contributed by atoms with van der Waals surface area (Å²) in [4.78, 5) is 20.2. The van der Waals surface area contributed by atoms with Crippen molar-refractivity contribution >= 4 is 11.8 Å². The summed E-state index contributed by atoms with van der Waals surface area (Å²) >= 11 is 0. The number of carboxylic acid groups (broad SMARTS) is 1. The predicted octanol–water partition coefficient (Wildman–Crippen LogP) is 2.74. The minimum atomic E-state index is -0.981. The Morgan fingerprint density at radius 3 is 1.40 bits per heavy atom. The normalized spacial score (nSPS) is 7.73. The SMILES string of the molecule is C=CC(=O)O.CC(C)=CC(=O)C=C(C)C. The molecule has 0 saturated heterocycles. The Morgan fingerprint density at radius 1 is 1.00 bits per heavy atom. The molecule has 0 fully saturated rings. The number of aliphatic carboxylic acids is 1. The van der Waals surface area contributed by atoms with E-state index in [4.69, 9.17) is 5.11 Å². The molecule has 0 aliphatic heterocycles. The fourth-order valence-electron chi connectivity index (χ4n) is 0.611. The zero-order chi connectivity index (χ0) is 12.4. The van der Waals surface area contributed by atoms with Gasteiger partial charge in [0.1, 0.15) is 0 Å². The van der Waals surface area contributed by atoms with Gasteiger partial charge in [-0.1, -0.05) is 17.7 Å². The fourth-order valence-corrected chi connectivity index (χ4v) is 0.611. The van der Waals surface area contributed by atoms with Gasteiger partial charge in [-0.05, 0) is 39.8 Å². The number of carbonyl (C=O) groups excluding carboxylic acids is 1. The Balaban J connectivity index is 0. The van der Waals surface area contributed by atoms with Crippen molar-refractivity contribution in [3.05, 3.63) is 36.0 Å². The van der Waals surface area contributed by atoms with Crippen molar-refractivity contribution in [1.29, 1.82) is 0 Å². The Bertz CT molecular complexity index is 268. The first kappa shape index (κ1) is 15.8. The van der Waals surface area contributed by atoms with E-state index >= 15 is 0 Å². The lowest BCUT2D eigenvalue weighted by atomic mass is 10.2. The van der Waals surface area contributed by atoms with Crippen LogP contribution in [0.1, 0.15) is 27.7 Å².